The standard InChI is InChI=1S/C24H24N2O3.C2H4/c1-28-22-14-19-13-20(24(27)21(19)15-23(22)29-2)12-17(8-10-25)9-11-26-16-18-6-4-3-5-7-18;1-2/h3-12,14-15H,13,16,25H2,1-2H3;1-2H2/b10-8-,17-9+,20-12+,26-11?;. The molecule has 0 saturated heterocycles. The lowest BCUT2D eigenvalue weighted by Gasteiger charge is -2.08. The number of carbonyl (C=O) groups excluding carboxylic acids is 1. The van der Waals surface area contributed by atoms with Crippen LogP contribution in [0.25, 0.3) is 0 Å². The minimum absolute atomic E-state index is 0.0153. The average molecular weight is 417 g/mol. The van der Waals surface area contributed by atoms with Gasteiger partial charge in [0.2, 0.25) is 0 Å². The van der Waals surface area contributed by atoms with Crippen molar-refractivity contribution in [3.8, 4) is 11.5 Å². The van der Waals surface area contributed by atoms with Crippen LogP contribution in [-0.4, -0.2) is 26.2 Å². The van der Waals surface area contributed by atoms with Crippen LogP contribution in [0.2, 0.25) is 0 Å². The number of hydrogen-bond acceptors (Lipinski definition) is 5. The van der Waals surface area contributed by atoms with E-state index in [9.17, 15) is 4.79 Å². The molecule has 160 valence electrons. The Labute approximate surface area is 183 Å². The molecule has 1 aliphatic rings. The van der Waals surface area contributed by atoms with Gasteiger partial charge in [0.05, 0.1) is 20.8 Å². The lowest BCUT2D eigenvalue weighted by molar-refractivity contribution is 0.103. The zero-order valence-corrected chi connectivity index (χ0v) is 18.0. The van der Waals surface area contributed by atoms with E-state index in [1.807, 2.05) is 48.6 Å². The quantitative estimate of drug-likeness (QED) is 0.303. The van der Waals surface area contributed by atoms with E-state index >= 15 is 0 Å². The summed E-state index contributed by atoms with van der Waals surface area (Å²) in [7, 11) is 3.14. The third-order valence-corrected chi connectivity index (χ3v) is 4.65. The molecule has 0 fully saturated rings. The molecule has 0 aliphatic heterocycles. The van der Waals surface area contributed by atoms with Crippen molar-refractivity contribution in [1.82, 2.24) is 0 Å². The molecule has 5 heteroatoms. The number of allylic oxidation sites excluding steroid dienone is 5. The molecule has 5 nitrogen and oxygen atoms in total. The van der Waals surface area contributed by atoms with Gasteiger partial charge in [-0.15, -0.1) is 13.2 Å². The number of fused-ring (bicyclic) bond motifs is 1. The topological polar surface area (TPSA) is 73.9 Å². The van der Waals surface area contributed by atoms with Gasteiger partial charge in [0, 0.05) is 23.8 Å². The molecule has 0 spiro atoms. The minimum atomic E-state index is -0.0153. The predicted octanol–water partition coefficient (Wildman–Crippen LogP) is 4.84. The van der Waals surface area contributed by atoms with Crippen molar-refractivity contribution in [2.45, 2.75) is 13.0 Å². The van der Waals surface area contributed by atoms with E-state index in [0.29, 0.717) is 35.6 Å². The first kappa shape index (κ1) is 23.4. The second kappa shape index (κ2) is 12.0. The van der Waals surface area contributed by atoms with Crippen molar-refractivity contribution in [3.63, 3.8) is 0 Å². The number of nitrogens with zero attached hydrogens (tertiary/aromatic N) is 1. The molecule has 0 bridgehead atoms. The maximum atomic E-state index is 12.8. The first-order valence-corrected chi connectivity index (χ1v) is 9.78. The number of ketones is 1. The molecule has 2 N–H and O–H groups in total. The van der Waals surface area contributed by atoms with E-state index in [-0.39, 0.29) is 5.78 Å². The molecular weight excluding hydrogens is 388 g/mol. The first-order chi connectivity index (χ1) is 15.2. The van der Waals surface area contributed by atoms with Crippen LogP contribution in [-0.2, 0) is 13.0 Å². The van der Waals surface area contributed by atoms with Crippen LogP contribution in [0, 0.1) is 0 Å². The number of aliphatic imine (C=N–C) groups is 1. The summed E-state index contributed by atoms with van der Waals surface area (Å²) in [6, 6.07) is 13.6. The minimum Gasteiger partial charge on any atom is -0.493 e. The molecule has 0 unspecified atom stereocenters. The summed E-state index contributed by atoms with van der Waals surface area (Å²) in [5.41, 5.74) is 9.78. The highest BCUT2D eigenvalue weighted by Gasteiger charge is 2.27. The molecule has 2 aromatic rings. The number of hydrogen-bond donors (Lipinski definition) is 1. The largest absolute Gasteiger partial charge is 0.493 e. The molecule has 0 saturated carbocycles. The van der Waals surface area contributed by atoms with E-state index in [1.54, 1.807) is 32.6 Å². The highest BCUT2D eigenvalue weighted by molar-refractivity contribution is 6.13. The number of ether oxygens (including phenoxy) is 2. The molecule has 31 heavy (non-hydrogen) atoms. The zero-order chi connectivity index (χ0) is 22.6. The van der Waals surface area contributed by atoms with Gasteiger partial charge in [-0.2, -0.15) is 0 Å². The summed E-state index contributed by atoms with van der Waals surface area (Å²) < 4.78 is 10.7. The summed E-state index contributed by atoms with van der Waals surface area (Å²) >= 11 is 0. The van der Waals surface area contributed by atoms with Crippen LogP contribution in [0.5, 0.6) is 11.5 Å². The molecule has 1 aliphatic carbocycles. The van der Waals surface area contributed by atoms with Crippen molar-refractivity contribution in [1.29, 1.82) is 0 Å². The fourth-order valence-corrected chi connectivity index (χ4v) is 3.20. The molecule has 0 aromatic heterocycles. The van der Waals surface area contributed by atoms with Gasteiger partial charge in [0.25, 0.3) is 0 Å². The van der Waals surface area contributed by atoms with E-state index in [2.05, 4.69) is 18.2 Å². The second-order valence-electron chi connectivity index (χ2n) is 6.54. The summed E-state index contributed by atoms with van der Waals surface area (Å²) in [6.45, 7) is 6.59. The van der Waals surface area contributed by atoms with Crippen molar-refractivity contribution in [3.05, 3.63) is 108 Å². The van der Waals surface area contributed by atoms with E-state index in [4.69, 9.17) is 15.2 Å². The smallest absolute Gasteiger partial charge is 0.189 e. The van der Waals surface area contributed by atoms with Crippen molar-refractivity contribution in [2.75, 3.05) is 14.2 Å². The fraction of sp³-hybridized carbons (Fsp3) is 0.154. The van der Waals surface area contributed by atoms with Crippen molar-refractivity contribution >= 4 is 12.0 Å². The van der Waals surface area contributed by atoms with E-state index in [0.717, 1.165) is 16.7 Å². The SMILES string of the molecule is C=C.COc1cc2c(cc1OC)C(=O)/C(=C/C(/C=C\N)=C/C=NCc1ccccc1)C2. The third kappa shape index (κ3) is 6.06. The third-order valence-electron chi connectivity index (χ3n) is 4.65. The molecule has 0 atom stereocenters. The molecule has 3 rings (SSSR count). The number of rotatable bonds is 7. The summed E-state index contributed by atoms with van der Waals surface area (Å²) in [5.74, 6) is 1.15. The predicted molar refractivity (Wildman–Crippen MR) is 127 cm³/mol. The van der Waals surface area contributed by atoms with Gasteiger partial charge in [0.1, 0.15) is 0 Å². The van der Waals surface area contributed by atoms with Crippen LogP contribution in [0.15, 0.2) is 96.2 Å². The number of benzene rings is 2. The molecule has 0 heterocycles. The van der Waals surface area contributed by atoms with Gasteiger partial charge < -0.3 is 15.2 Å². The Kier molecular flexibility index (Phi) is 9.05. The van der Waals surface area contributed by atoms with Crippen LogP contribution in [0.1, 0.15) is 21.5 Å². The first-order valence-electron chi connectivity index (χ1n) is 9.78. The number of carbonyl (C=O) groups is 1. The number of methoxy groups -OCH3 is 2. The molecule has 0 amide bonds. The van der Waals surface area contributed by atoms with Gasteiger partial charge in [-0.3, -0.25) is 9.79 Å². The Hall–Kier alpha value is -3.86. The molecule has 2 aromatic carbocycles. The second-order valence-corrected chi connectivity index (χ2v) is 6.54. The summed E-state index contributed by atoms with van der Waals surface area (Å²) in [6.07, 6.45) is 9.16. The number of nitrogens with two attached hydrogens (primary N) is 1. The average Bonchev–Trinajstić information content (AvgIpc) is 3.12. The van der Waals surface area contributed by atoms with Gasteiger partial charge in [-0.1, -0.05) is 30.3 Å². The van der Waals surface area contributed by atoms with Gasteiger partial charge >= 0.3 is 0 Å². The van der Waals surface area contributed by atoms with Gasteiger partial charge in [0.15, 0.2) is 17.3 Å². The normalized spacial score (nSPS) is 14.6. The monoisotopic (exact) mass is 416 g/mol. The maximum Gasteiger partial charge on any atom is 0.189 e. The van der Waals surface area contributed by atoms with E-state index in [1.165, 1.54) is 6.20 Å². The summed E-state index contributed by atoms with van der Waals surface area (Å²) in [4.78, 5) is 17.3. The lowest BCUT2D eigenvalue weighted by Crippen LogP contribution is -1.98. The maximum absolute atomic E-state index is 12.8. The van der Waals surface area contributed by atoms with E-state index < -0.39 is 0 Å². The van der Waals surface area contributed by atoms with Gasteiger partial charge in [-0.25, -0.2) is 0 Å². The van der Waals surface area contributed by atoms with Crippen LogP contribution in [0.4, 0.5) is 0 Å². The Balaban J connectivity index is 0.00000166. The van der Waals surface area contributed by atoms with Crippen molar-refractivity contribution in [2.24, 2.45) is 10.7 Å². The number of Topliss-reactive ketones (excluding diaryl/α,β-unsaturated/α-hetero) is 1. The lowest BCUT2D eigenvalue weighted by atomic mass is 10.1. The zero-order valence-electron chi connectivity index (χ0n) is 18.0. The van der Waals surface area contributed by atoms with Crippen LogP contribution >= 0.6 is 0 Å². The summed E-state index contributed by atoms with van der Waals surface area (Å²) in [5, 5.41) is 0. The highest BCUT2D eigenvalue weighted by atomic mass is 16.5. The Morgan fingerprint density at radius 3 is 2.45 bits per heavy atom. The Morgan fingerprint density at radius 1 is 1.13 bits per heavy atom. The molecule has 0 radical (unpaired) electrons. The Bertz CT molecular complexity index is 1020. The fourth-order valence-electron chi connectivity index (χ4n) is 3.20. The van der Waals surface area contributed by atoms with Gasteiger partial charge in [-0.05, 0) is 53.3 Å². The van der Waals surface area contributed by atoms with Crippen LogP contribution in [0.3, 0.4) is 0 Å². The molecular formula is C26H28N2O3. The van der Waals surface area contributed by atoms with Crippen molar-refractivity contribution < 1.29 is 14.3 Å². The van der Waals surface area contributed by atoms with Crippen LogP contribution < -0.4 is 15.2 Å². The highest BCUT2D eigenvalue weighted by Crippen LogP contribution is 2.36. The Morgan fingerprint density at radius 2 is 1.81 bits per heavy atom.